The molecule has 0 bridgehead atoms. The van der Waals surface area contributed by atoms with Crippen LogP contribution in [0.15, 0.2) is 48.5 Å². The van der Waals surface area contributed by atoms with Crippen LogP contribution in [0.2, 0.25) is 0 Å². The van der Waals surface area contributed by atoms with Gasteiger partial charge < -0.3 is 14.8 Å². The van der Waals surface area contributed by atoms with Crippen molar-refractivity contribution < 1.29 is 23.9 Å². The van der Waals surface area contributed by atoms with Gasteiger partial charge in [0, 0.05) is 12.0 Å². The second-order valence-corrected chi connectivity index (χ2v) is 6.96. The summed E-state index contributed by atoms with van der Waals surface area (Å²) < 4.78 is 10.4. The summed E-state index contributed by atoms with van der Waals surface area (Å²) in [6.07, 6.45) is 3.33. The summed E-state index contributed by atoms with van der Waals surface area (Å²) in [4.78, 5) is 35.6. The Hall–Kier alpha value is -3.15. The summed E-state index contributed by atoms with van der Waals surface area (Å²) in [5, 5.41) is 2.94. The molecule has 0 saturated heterocycles. The highest BCUT2D eigenvalue weighted by atomic mass is 16.6. The summed E-state index contributed by atoms with van der Waals surface area (Å²) in [7, 11) is 0. The molecule has 1 atom stereocenters. The van der Waals surface area contributed by atoms with Crippen LogP contribution in [-0.2, 0) is 20.7 Å². The molecule has 2 aromatic rings. The number of nitrogens with one attached hydrogen (secondary N) is 1. The van der Waals surface area contributed by atoms with Crippen LogP contribution in [0.5, 0.6) is 5.75 Å². The number of Topliss-reactive ketones (excluding diaryl/α,β-unsaturated/α-hetero) is 1. The van der Waals surface area contributed by atoms with Gasteiger partial charge in [0.15, 0.2) is 19.0 Å². The summed E-state index contributed by atoms with van der Waals surface area (Å²) in [5.41, 5.74) is 2.98. The molecule has 1 aliphatic carbocycles. The average Bonchev–Trinajstić information content (AvgIpc) is 2.76. The van der Waals surface area contributed by atoms with Gasteiger partial charge in [0.2, 0.25) is 0 Å². The quantitative estimate of drug-likeness (QED) is 0.547. The lowest BCUT2D eigenvalue weighted by Crippen LogP contribution is -2.34. The zero-order valence-corrected chi connectivity index (χ0v) is 16.5. The fraction of sp³-hybridized carbons (Fsp3) is 0.348. The molecular weight excluding hydrogens is 370 g/mol. The van der Waals surface area contributed by atoms with Crippen molar-refractivity contribution in [2.75, 3.05) is 13.2 Å². The van der Waals surface area contributed by atoms with Crippen molar-refractivity contribution in [3.05, 3.63) is 65.2 Å². The van der Waals surface area contributed by atoms with Gasteiger partial charge >= 0.3 is 5.97 Å². The highest BCUT2D eigenvalue weighted by Crippen LogP contribution is 2.29. The predicted octanol–water partition coefficient (Wildman–Crippen LogP) is 3.40. The van der Waals surface area contributed by atoms with Gasteiger partial charge in [-0.3, -0.25) is 9.59 Å². The van der Waals surface area contributed by atoms with Crippen molar-refractivity contribution in [2.45, 2.75) is 38.6 Å². The summed E-state index contributed by atoms with van der Waals surface area (Å²) in [6.45, 7) is 1.15. The molecule has 29 heavy (non-hydrogen) atoms. The number of hydrogen-bond donors (Lipinski definition) is 1. The van der Waals surface area contributed by atoms with Crippen LogP contribution in [0.4, 0.5) is 0 Å². The Morgan fingerprint density at radius 3 is 2.55 bits per heavy atom. The number of aryl methyl sites for hydroxylation is 1. The molecule has 1 unspecified atom stereocenters. The minimum Gasteiger partial charge on any atom is -0.482 e. The van der Waals surface area contributed by atoms with E-state index < -0.39 is 5.97 Å². The summed E-state index contributed by atoms with van der Waals surface area (Å²) in [6, 6.07) is 14.6. The van der Waals surface area contributed by atoms with E-state index in [1.165, 1.54) is 5.56 Å². The van der Waals surface area contributed by atoms with Crippen molar-refractivity contribution in [1.82, 2.24) is 5.32 Å². The third-order valence-corrected chi connectivity index (χ3v) is 4.92. The number of fused-ring (bicyclic) bond motifs is 1. The molecule has 0 aliphatic heterocycles. The standard InChI is InChI=1S/C23H25NO5/c1-2-21(25)17-10-12-18(13-11-17)28-15-23(27)29-14-22(26)24-20-9-5-7-16-6-3-4-8-19(16)20/h3-4,6,8,10-13,20H,2,5,7,9,14-15H2,1H3,(H,24,26). The van der Waals surface area contributed by atoms with E-state index in [4.69, 9.17) is 9.47 Å². The van der Waals surface area contributed by atoms with Gasteiger partial charge in [-0.2, -0.15) is 0 Å². The Balaban J connectivity index is 1.41. The number of amides is 1. The smallest absolute Gasteiger partial charge is 0.344 e. The first-order chi connectivity index (χ1) is 14.1. The number of carbonyl (C=O) groups is 3. The van der Waals surface area contributed by atoms with Crippen LogP contribution >= 0.6 is 0 Å². The van der Waals surface area contributed by atoms with Crippen molar-refractivity contribution in [1.29, 1.82) is 0 Å². The molecule has 3 rings (SSSR count). The number of esters is 1. The molecule has 0 aromatic heterocycles. The molecule has 0 saturated carbocycles. The lowest BCUT2D eigenvalue weighted by molar-refractivity contribution is -0.150. The number of rotatable bonds is 8. The van der Waals surface area contributed by atoms with Gasteiger partial charge in [-0.1, -0.05) is 31.2 Å². The van der Waals surface area contributed by atoms with Gasteiger partial charge in [-0.15, -0.1) is 0 Å². The van der Waals surface area contributed by atoms with Crippen molar-refractivity contribution in [3.8, 4) is 5.75 Å². The highest BCUT2D eigenvalue weighted by Gasteiger charge is 2.21. The highest BCUT2D eigenvalue weighted by molar-refractivity contribution is 5.95. The van der Waals surface area contributed by atoms with E-state index in [-0.39, 0.29) is 30.9 Å². The maximum atomic E-state index is 12.2. The number of carbonyl (C=O) groups excluding carboxylic acids is 3. The zero-order valence-electron chi connectivity index (χ0n) is 16.5. The first-order valence-corrected chi connectivity index (χ1v) is 9.85. The van der Waals surface area contributed by atoms with E-state index in [0.717, 1.165) is 24.8 Å². The topological polar surface area (TPSA) is 81.7 Å². The molecule has 0 spiro atoms. The van der Waals surface area contributed by atoms with E-state index in [1.54, 1.807) is 31.2 Å². The van der Waals surface area contributed by atoms with Crippen molar-refractivity contribution in [3.63, 3.8) is 0 Å². The maximum Gasteiger partial charge on any atom is 0.344 e. The van der Waals surface area contributed by atoms with Crippen LogP contribution in [0, 0.1) is 0 Å². The third kappa shape index (κ3) is 5.67. The Bertz CT molecular complexity index is 875. The van der Waals surface area contributed by atoms with E-state index in [1.807, 2.05) is 18.2 Å². The fourth-order valence-corrected chi connectivity index (χ4v) is 3.41. The molecule has 1 amide bonds. The number of hydrogen-bond acceptors (Lipinski definition) is 5. The number of ether oxygens (including phenoxy) is 2. The Morgan fingerprint density at radius 2 is 1.79 bits per heavy atom. The first kappa shape index (κ1) is 20.6. The Morgan fingerprint density at radius 1 is 1.03 bits per heavy atom. The van der Waals surface area contributed by atoms with Gasteiger partial charge in [0.1, 0.15) is 5.75 Å². The van der Waals surface area contributed by atoms with Crippen LogP contribution in [0.1, 0.15) is 53.7 Å². The minimum absolute atomic E-state index is 0.0440. The SMILES string of the molecule is CCC(=O)c1ccc(OCC(=O)OCC(=O)NC2CCCc3ccccc32)cc1. The molecular formula is C23H25NO5. The number of benzene rings is 2. The lowest BCUT2D eigenvalue weighted by Gasteiger charge is -2.26. The third-order valence-electron chi connectivity index (χ3n) is 4.92. The van der Waals surface area contributed by atoms with Crippen LogP contribution < -0.4 is 10.1 Å². The van der Waals surface area contributed by atoms with Gasteiger partial charge in [0.05, 0.1) is 6.04 Å². The van der Waals surface area contributed by atoms with Crippen LogP contribution in [0.25, 0.3) is 0 Å². The first-order valence-electron chi connectivity index (χ1n) is 9.85. The van der Waals surface area contributed by atoms with E-state index in [2.05, 4.69) is 11.4 Å². The van der Waals surface area contributed by atoms with Crippen molar-refractivity contribution >= 4 is 17.7 Å². The van der Waals surface area contributed by atoms with E-state index in [9.17, 15) is 14.4 Å². The van der Waals surface area contributed by atoms with Crippen LogP contribution in [0.3, 0.4) is 0 Å². The van der Waals surface area contributed by atoms with E-state index >= 15 is 0 Å². The molecule has 6 nitrogen and oxygen atoms in total. The molecule has 6 heteroatoms. The number of ketones is 1. The van der Waals surface area contributed by atoms with Crippen molar-refractivity contribution in [2.24, 2.45) is 0 Å². The summed E-state index contributed by atoms with van der Waals surface area (Å²) >= 11 is 0. The average molecular weight is 395 g/mol. The largest absolute Gasteiger partial charge is 0.482 e. The predicted molar refractivity (Wildman–Crippen MR) is 108 cm³/mol. The molecule has 0 fully saturated rings. The van der Waals surface area contributed by atoms with Gasteiger partial charge in [0.25, 0.3) is 5.91 Å². The molecule has 0 heterocycles. The molecule has 152 valence electrons. The van der Waals surface area contributed by atoms with Gasteiger partial charge in [-0.25, -0.2) is 4.79 Å². The molecule has 2 aromatic carbocycles. The molecule has 1 aliphatic rings. The molecule has 0 radical (unpaired) electrons. The maximum absolute atomic E-state index is 12.2. The molecule has 1 N–H and O–H groups in total. The lowest BCUT2D eigenvalue weighted by atomic mass is 9.88. The van der Waals surface area contributed by atoms with Crippen LogP contribution in [-0.4, -0.2) is 30.9 Å². The second kappa shape index (κ2) is 9.87. The second-order valence-electron chi connectivity index (χ2n) is 6.96. The van der Waals surface area contributed by atoms with Gasteiger partial charge in [-0.05, 0) is 54.7 Å². The minimum atomic E-state index is -0.627. The zero-order chi connectivity index (χ0) is 20.6. The monoisotopic (exact) mass is 395 g/mol. The fourth-order valence-electron chi connectivity index (χ4n) is 3.41. The Kier molecular flexibility index (Phi) is 7.00. The normalized spacial score (nSPS) is 15.1. The van der Waals surface area contributed by atoms with E-state index in [0.29, 0.717) is 17.7 Å². The Labute approximate surface area is 170 Å². The summed E-state index contributed by atoms with van der Waals surface area (Å²) in [5.74, 6) is -0.458.